The van der Waals surface area contributed by atoms with Gasteiger partial charge in [0.1, 0.15) is 6.67 Å². The van der Waals surface area contributed by atoms with Crippen molar-refractivity contribution in [1.29, 1.82) is 0 Å². The van der Waals surface area contributed by atoms with Crippen LogP contribution in [0.15, 0.2) is 18.2 Å². The van der Waals surface area contributed by atoms with Crippen LogP contribution < -0.4 is 16.2 Å². The third-order valence-electron chi connectivity index (χ3n) is 2.18. The van der Waals surface area contributed by atoms with E-state index < -0.39 is 0 Å². The summed E-state index contributed by atoms with van der Waals surface area (Å²) in [7, 11) is 1.36. The average molecular weight is 193 g/mol. The number of hydrogen-bond donors (Lipinski definition) is 2. The van der Waals surface area contributed by atoms with Crippen molar-refractivity contribution >= 4 is 17.3 Å². The lowest BCUT2D eigenvalue weighted by atomic mass is 10.1. The fraction of sp³-hybridized carbons (Fsp3) is 0.222. The summed E-state index contributed by atoms with van der Waals surface area (Å²) in [6.07, 6.45) is 0. The maximum atomic E-state index is 11.4. The van der Waals surface area contributed by atoms with E-state index >= 15 is 0 Å². The molecule has 0 spiro atoms. The highest BCUT2D eigenvalue weighted by atomic mass is 16.5. The second-order valence-corrected chi connectivity index (χ2v) is 3.00. The molecule has 1 aromatic carbocycles. The van der Waals surface area contributed by atoms with Crippen molar-refractivity contribution in [2.24, 2.45) is 5.84 Å². The zero-order valence-electron chi connectivity index (χ0n) is 7.78. The number of anilines is 2. The van der Waals surface area contributed by atoms with E-state index in [-0.39, 0.29) is 5.97 Å². The zero-order chi connectivity index (χ0) is 10.1. The maximum absolute atomic E-state index is 11.4. The summed E-state index contributed by atoms with van der Waals surface area (Å²) in [4.78, 5) is 11.4. The minimum Gasteiger partial charge on any atom is -0.465 e. The van der Waals surface area contributed by atoms with Crippen LogP contribution in [0, 0.1) is 0 Å². The number of hydrogen-bond acceptors (Lipinski definition) is 5. The Morgan fingerprint density at radius 3 is 3.14 bits per heavy atom. The number of nitrogens with zero attached hydrogens (tertiary/aromatic N) is 1. The van der Waals surface area contributed by atoms with E-state index in [1.807, 2.05) is 6.07 Å². The van der Waals surface area contributed by atoms with Gasteiger partial charge in [-0.25, -0.2) is 10.6 Å². The Labute approximate surface area is 81.4 Å². The van der Waals surface area contributed by atoms with Gasteiger partial charge in [-0.05, 0) is 12.1 Å². The van der Waals surface area contributed by atoms with Gasteiger partial charge >= 0.3 is 5.97 Å². The number of ether oxygens (including phenoxy) is 1. The summed E-state index contributed by atoms with van der Waals surface area (Å²) in [6, 6.07) is 5.33. The number of nitrogens with one attached hydrogen (secondary N) is 1. The van der Waals surface area contributed by atoms with Crippen LogP contribution >= 0.6 is 0 Å². The van der Waals surface area contributed by atoms with E-state index in [0.29, 0.717) is 12.2 Å². The van der Waals surface area contributed by atoms with Crippen LogP contribution in [-0.2, 0) is 4.74 Å². The molecule has 74 valence electrons. The lowest BCUT2D eigenvalue weighted by Gasteiger charge is -2.09. The smallest absolute Gasteiger partial charge is 0.340 e. The molecule has 1 heterocycles. The molecule has 0 atom stereocenters. The van der Waals surface area contributed by atoms with Crippen molar-refractivity contribution in [3.63, 3.8) is 0 Å². The molecule has 0 saturated heterocycles. The fourth-order valence-electron chi connectivity index (χ4n) is 1.49. The van der Waals surface area contributed by atoms with Gasteiger partial charge in [0.2, 0.25) is 0 Å². The number of carbonyl (C=O) groups is 1. The highest BCUT2D eigenvalue weighted by Crippen LogP contribution is 2.32. The van der Waals surface area contributed by atoms with E-state index in [1.165, 1.54) is 7.11 Å². The van der Waals surface area contributed by atoms with E-state index in [1.54, 1.807) is 17.1 Å². The second-order valence-electron chi connectivity index (χ2n) is 3.00. The number of carbonyl (C=O) groups excluding carboxylic acids is 1. The Bertz CT molecular complexity index is 378. The summed E-state index contributed by atoms with van der Waals surface area (Å²) in [5, 5.41) is 4.58. The lowest BCUT2D eigenvalue weighted by Crippen LogP contribution is -2.29. The molecule has 2 rings (SSSR count). The number of benzene rings is 1. The monoisotopic (exact) mass is 193 g/mol. The number of esters is 1. The Hall–Kier alpha value is -1.75. The first kappa shape index (κ1) is 8.83. The lowest BCUT2D eigenvalue weighted by molar-refractivity contribution is 0.0602. The van der Waals surface area contributed by atoms with Gasteiger partial charge in [0.05, 0.1) is 24.0 Å². The molecule has 0 bridgehead atoms. The topological polar surface area (TPSA) is 67.6 Å². The van der Waals surface area contributed by atoms with Crippen LogP contribution in [0.3, 0.4) is 0 Å². The van der Waals surface area contributed by atoms with Crippen molar-refractivity contribution < 1.29 is 9.53 Å². The number of rotatable bonds is 1. The summed E-state index contributed by atoms with van der Waals surface area (Å²) in [6.45, 7) is 0.503. The third-order valence-corrected chi connectivity index (χ3v) is 2.18. The predicted octanol–water partition coefficient (Wildman–Crippen LogP) is 0.536. The summed E-state index contributed by atoms with van der Waals surface area (Å²) >= 11 is 0. The molecule has 0 amide bonds. The van der Waals surface area contributed by atoms with Crippen molar-refractivity contribution in [3.05, 3.63) is 23.8 Å². The van der Waals surface area contributed by atoms with Crippen LogP contribution in [-0.4, -0.2) is 19.7 Å². The van der Waals surface area contributed by atoms with Crippen molar-refractivity contribution in [2.45, 2.75) is 0 Å². The minimum absolute atomic E-state index is 0.357. The first-order valence-corrected chi connectivity index (χ1v) is 4.21. The highest BCUT2D eigenvalue weighted by molar-refractivity contribution is 6.00. The number of methoxy groups -OCH3 is 1. The fourth-order valence-corrected chi connectivity index (χ4v) is 1.49. The molecule has 0 fully saturated rings. The molecule has 1 aliphatic rings. The number of nitrogens with two attached hydrogens (primary N) is 1. The van der Waals surface area contributed by atoms with Gasteiger partial charge in [-0.15, -0.1) is 0 Å². The molecule has 0 unspecified atom stereocenters. The first-order chi connectivity index (χ1) is 6.74. The molecule has 14 heavy (non-hydrogen) atoms. The molecule has 0 saturated carbocycles. The van der Waals surface area contributed by atoms with Crippen LogP contribution in [0.1, 0.15) is 10.4 Å². The van der Waals surface area contributed by atoms with E-state index in [4.69, 9.17) is 5.84 Å². The number of hydrazine groups is 1. The van der Waals surface area contributed by atoms with Crippen molar-refractivity contribution in [1.82, 2.24) is 0 Å². The third kappa shape index (κ3) is 1.18. The minimum atomic E-state index is -0.357. The van der Waals surface area contributed by atoms with E-state index in [2.05, 4.69) is 10.1 Å². The summed E-state index contributed by atoms with van der Waals surface area (Å²) in [5.74, 6) is 5.32. The normalized spacial score (nSPS) is 13.4. The first-order valence-electron chi connectivity index (χ1n) is 4.21. The molecular formula is C9H11N3O2. The number of para-hydroxylation sites is 1. The van der Waals surface area contributed by atoms with Gasteiger partial charge in [0.25, 0.3) is 0 Å². The Morgan fingerprint density at radius 1 is 1.64 bits per heavy atom. The highest BCUT2D eigenvalue weighted by Gasteiger charge is 2.22. The van der Waals surface area contributed by atoms with Crippen LogP contribution in [0.5, 0.6) is 0 Å². The average Bonchev–Trinajstić information content (AvgIpc) is 2.59. The molecule has 0 aliphatic carbocycles. The standard InChI is InChI=1S/C9H11N3O2/c1-14-9(13)6-3-2-4-7-8(6)11-5-12(7)10/h2-4,11H,5,10H2,1H3. The second kappa shape index (κ2) is 3.19. The van der Waals surface area contributed by atoms with Crippen LogP contribution in [0.2, 0.25) is 0 Å². The van der Waals surface area contributed by atoms with Crippen LogP contribution in [0.4, 0.5) is 11.4 Å². The molecule has 0 aromatic heterocycles. The number of fused-ring (bicyclic) bond motifs is 1. The molecular weight excluding hydrogens is 182 g/mol. The molecule has 1 aliphatic heterocycles. The maximum Gasteiger partial charge on any atom is 0.340 e. The molecule has 5 nitrogen and oxygen atoms in total. The Balaban J connectivity index is 2.49. The molecule has 1 aromatic rings. The van der Waals surface area contributed by atoms with E-state index in [0.717, 1.165) is 11.4 Å². The van der Waals surface area contributed by atoms with Crippen LogP contribution in [0.25, 0.3) is 0 Å². The van der Waals surface area contributed by atoms with Gasteiger partial charge in [-0.2, -0.15) is 0 Å². The molecule has 5 heteroatoms. The summed E-state index contributed by atoms with van der Waals surface area (Å²) < 4.78 is 4.66. The van der Waals surface area contributed by atoms with Crippen molar-refractivity contribution in [2.75, 3.05) is 24.1 Å². The van der Waals surface area contributed by atoms with Gasteiger partial charge < -0.3 is 10.1 Å². The molecule has 0 radical (unpaired) electrons. The SMILES string of the molecule is COC(=O)c1cccc2c1NCN2N. The van der Waals surface area contributed by atoms with Crippen molar-refractivity contribution in [3.8, 4) is 0 Å². The van der Waals surface area contributed by atoms with E-state index in [9.17, 15) is 4.79 Å². The predicted molar refractivity (Wildman–Crippen MR) is 52.9 cm³/mol. The van der Waals surface area contributed by atoms with Gasteiger partial charge in [-0.1, -0.05) is 6.07 Å². The Morgan fingerprint density at radius 2 is 2.43 bits per heavy atom. The summed E-state index contributed by atoms with van der Waals surface area (Å²) in [5.41, 5.74) is 2.06. The zero-order valence-corrected chi connectivity index (χ0v) is 7.78. The van der Waals surface area contributed by atoms with Gasteiger partial charge in [0.15, 0.2) is 0 Å². The largest absolute Gasteiger partial charge is 0.465 e. The quantitative estimate of drug-likeness (QED) is 0.503. The van der Waals surface area contributed by atoms with Gasteiger partial charge in [-0.3, -0.25) is 5.01 Å². The van der Waals surface area contributed by atoms with Gasteiger partial charge in [0, 0.05) is 0 Å². The Kier molecular flexibility index (Phi) is 2.01. The molecule has 3 N–H and O–H groups in total.